The maximum absolute atomic E-state index is 12.6. The molecule has 0 aliphatic rings. The van der Waals surface area contributed by atoms with E-state index in [2.05, 4.69) is 55.6 Å². The third kappa shape index (κ3) is 72.9. The minimum atomic E-state index is -0.845. The summed E-state index contributed by atoms with van der Waals surface area (Å²) >= 11 is 0. The Morgan fingerprint density at radius 1 is 0.318 bits per heavy atom. The van der Waals surface area contributed by atoms with E-state index in [1.54, 1.807) is 6.08 Å². The van der Waals surface area contributed by atoms with Crippen molar-refractivity contribution in [3.05, 3.63) is 48.6 Å². The number of ether oxygens (including phenoxy) is 1. The predicted molar refractivity (Wildman–Crippen MR) is 389 cm³/mol. The minimum absolute atomic E-state index is 0.00439. The van der Waals surface area contributed by atoms with Gasteiger partial charge in [-0.2, -0.15) is 0 Å². The van der Waals surface area contributed by atoms with Gasteiger partial charge in [-0.3, -0.25) is 9.59 Å². The van der Waals surface area contributed by atoms with Crippen LogP contribution in [-0.4, -0.2) is 47.4 Å². The summed E-state index contributed by atoms with van der Waals surface area (Å²) in [4.78, 5) is 24.6. The second-order valence-corrected chi connectivity index (χ2v) is 27.4. The van der Waals surface area contributed by atoms with E-state index in [4.69, 9.17) is 4.74 Å². The van der Waals surface area contributed by atoms with Gasteiger partial charge in [0.05, 0.1) is 25.4 Å². The third-order valence-electron chi connectivity index (χ3n) is 18.6. The second-order valence-electron chi connectivity index (χ2n) is 27.4. The van der Waals surface area contributed by atoms with Crippen LogP contribution in [0.25, 0.3) is 0 Å². The SMILES string of the molecule is CCCCCC/C=C\C/C=C\CCCCCCCC(=O)OCCCCCCCCCCCCCC/C=C\CCCCCCCCCCCCCCCCCC(=O)NC(CO)C(O)/C=C/CCCCCCCCCCCCCCCCCCCCCCCC. The lowest BCUT2D eigenvalue weighted by Crippen LogP contribution is -2.45. The first kappa shape index (κ1) is 85.8. The number of nitrogens with one attached hydrogen (secondary N) is 1. The molecular formula is C82H155NO5. The van der Waals surface area contributed by atoms with E-state index in [9.17, 15) is 19.8 Å². The van der Waals surface area contributed by atoms with Crippen LogP contribution in [0.1, 0.15) is 438 Å². The first-order valence-corrected chi connectivity index (χ1v) is 39.9. The molecule has 6 nitrogen and oxygen atoms in total. The van der Waals surface area contributed by atoms with Crippen molar-refractivity contribution in [2.24, 2.45) is 0 Å². The van der Waals surface area contributed by atoms with Gasteiger partial charge in [-0.05, 0) is 89.9 Å². The number of hydrogen-bond donors (Lipinski definition) is 3. The molecule has 2 unspecified atom stereocenters. The highest BCUT2D eigenvalue weighted by Gasteiger charge is 2.18. The molecule has 0 aliphatic carbocycles. The largest absolute Gasteiger partial charge is 0.466 e. The molecule has 0 saturated carbocycles. The summed E-state index contributed by atoms with van der Waals surface area (Å²) in [6, 6.07) is -0.629. The lowest BCUT2D eigenvalue weighted by atomic mass is 10.0. The van der Waals surface area contributed by atoms with Crippen molar-refractivity contribution in [3.8, 4) is 0 Å². The highest BCUT2D eigenvalue weighted by atomic mass is 16.5. The molecule has 1 amide bonds. The van der Waals surface area contributed by atoms with E-state index >= 15 is 0 Å². The zero-order valence-corrected chi connectivity index (χ0v) is 59.5. The summed E-state index contributed by atoms with van der Waals surface area (Å²) in [7, 11) is 0. The minimum Gasteiger partial charge on any atom is -0.466 e. The van der Waals surface area contributed by atoms with Gasteiger partial charge < -0.3 is 20.3 Å². The Hall–Kier alpha value is -2.18. The number of carbonyl (C=O) groups is 2. The van der Waals surface area contributed by atoms with Crippen LogP contribution in [-0.2, 0) is 14.3 Å². The summed E-state index contributed by atoms with van der Waals surface area (Å²) in [6.07, 6.45) is 102. The Morgan fingerprint density at radius 3 is 0.886 bits per heavy atom. The van der Waals surface area contributed by atoms with E-state index < -0.39 is 12.1 Å². The topological polar surface area (TPSA) is 95.9 Å². The molecule has 0 heterocycles. The van der Waals surface area contributed by atoms with E-state index in [0.717, 1.165) is 51.4 Å². The standard InChI is InChI=1S/C82H155NO5/c1-3-5-7-9-11-13-15-17-19-21-22-23-24-34-37-40-43-46-50-54-58-62-66-70-74-80(85)79(78-84)83-81(86)75-71-67-63-59-55-51-47-44-41-38-35-32-30-28-26-25-27-29-31-33-36-39-42-45-49-53-57-61-65-69-73-77-88-82(87)76-72-68-64-60-56-52-48-20-18-16-14-12-10-8-6-4-2/h14,16,20,27,29,48,70,74,79-80,84-85H,3-13,15,17-19,21-26,28,30-47,49-69,71-73,75-78H2,1-2H3,(H,83,86)/b16-14-,29-27-,48-20-,74-70+. The molecule has 0 aromatic rings. The molecule has 0 aliphatic heterocycles. The predicted octanol–water partition coefficient (Wildman–Crippen LogP) is 26.4. The average Bonchev–Trinajstić information content (AvgIpc) is 3.57. The molecule has 3 N–H and O–H groups in total. The summed E-state index contributed by atoms with van der Waals surface area (Å²) in [6.45, 7) is 4.92. The summed E-state index contributed by atoms with van der Waals surface area (Å²) in [5.74, 6) is -0.0570. The molecule has 0 aromatic heterocycles. The summed E-state index contributed by atoms with van der Waals surface area (Å²) < 4.78 is 5.50. The summed E-state index contributed by atoms with van der Waals surface area (Å²) in [5.41, 5.74) is 0. The molecule has 0 aromatic carbocycles. The van der Waals surface area contributed by atoms with Crippen LogP contribution in [0.3, 0.4) is 0 Å². The Kier molecular flexibility index (Phi) is 75.4. The molecule has 6 heteroatoms. The van der Waals surface area contributed by atoms with E-state index in [-0.39, 0.29) is 18.5 Å². The zero-order chi connectivity index (χ0) is 63.5. The second kappa shape index (κ2) is 77.3. The Bertz CT molecular complexity index is 1470. The fraction of sp³-hybridized carbons (Fsp3) is 0.878. The van der Waals surface area contributed by atoms with Crippen LogP contribution in [0.2, 0.25) is 0 Å². The molecule has 2 atom stereocenters. The Labute approximate surface area is 550 Å². The van der Waals surface area contributed by atoms with Gasteiger partial charge in [0, 0.05) is 12.8 Å². The van der Waals surface area contributed by atoms with Crippen molar-refractivity contribution in [1.82, 2.24) is 5.32 Å². The maximum atomic E-state index is 12.6. The quantitative estimate of drug-likeness (QED) is 0.0320. The normalized spacial score (nSPS) is 12.7. The monoisotopic (exact) mass is 1230 g/mol. The maximum Gasteiger partial charge on any atom is 0.305 e. The van der Waals surface area contributed by atoms with Gasteiger partial charge in [0.25, 0.3) is 0 Å². The highest BCUT2D eigenvalue weighted by Crippen LogP contribution is 2.19. The van der Waals surface area contributed by atoms with Crippen molar-refractivity contribution in [1.29, 1.82) is 0 Å². The first-order chi connectivity index (χ1) is 43.5. The number of carbonyl (C=O) groups excluding carboxylic acids is 2. The van der Waals surface area contributed by atoms with Gasteiger partial charge in [0.2, 0.25) is 5.91 Å². The van der Waals surface area contributed by atoms with Gasteiger partial charge in [-0.1, -0.05) is 383 Å². The number of rotatable bonds is 75. The van der Waals surface area contributed by atoms with Crippen molar-refractivity contribution in [2.45, 2.75) is 450 Å². The number of allylic oxidation sites excluding steroid dienone is 7. The molecule has 518 valence electrons. The zero-order valence-electron chi connectivity index (χ0n) is 59.5. The van der Waals surface area contributed by atoms with Crippen molar-refractivity contribution < 1.29 is 24.5 Å². The van der Waals surface area contributed by atoms with Gasteiger partial charge in [0.15, 0.2) is 0 Å². The van der Waals surface area contributed by atoms with Crippen molar-refractivity contribution in [3.63, 3.8) is 0 Å². The average molecular weight is 1240 g/mol. The first-order valence-electron chi connectivity index (χ1n) is 39.9. The van der Waals surface area contributed by atoms with Crippen LogP contribution >= 0.6 is 0 Å². The third-order valence-corrected chi connectivity index (χ3v) is 18.6. The van der Waals surface area contributed by atoms with E-state index in [0.29, 0.717) is 19.4 Å². The molecule has 0 rings (SSSR count). The van der Waals surface area contributed by atoms with Crippen LogP contribution in [0.15, 0.2) is 48.6 Å². The van der Waals surface area contributed by atoms with Crippen LogP contribution in [0.4, 0.5) is 0 Å². The number of esters is 1. The van der Waals surface area contributed by atoms with Gasteiger partial charge in [0.1, 0.15) is 0 Å². The number of amides is 1. The number of hydrogen-bond acceptors (Lipinski definition) is 5. The number of aliphatic hydroxyl groups excluding tert-OH is 2. The molecular weight excluding hydrogens is 1080 g/mol. The number of unbranched alkanes of at least 4 members (excludes halogenated alkanes) is 58. The highest BCUT2D eigenvalue weighted by molar-refractivity contribution is 5.76. The Balaban J connectivity index is 3.39. The van der Waals surface area contributed by atoms with Crippen LogP contribution in [0.5, 0.6) is 0 Å². The molecule has 0 bridgehead atoms. The smallest absolute Gasteiger partial charge is 0.305 e. The Morgan fingerprint density at radius 2 is 0.568 bits per heavy atom. The van der Waals surface area contributed by atoms with Gasteiger partial charge in [-0.25, -0.2) is 0 Å². The lowest BCUT2D eigenvalue weighted by molar-refractivity contribution is -0.143. The van der Waals surface area contributed by atoms with Crippen molar-refractivity contribution >= 4 is 11.9 Å². The van der Waals surface area contributed by atoms with Crippen molar-refractivity contribution in [2.75, 3.05) is 13.2 Å². The van der Waals surface area contributed by atoms with Gasteiger partial charge >= 0.3 is 5.97 Å². The molecule has 0 radical (unpaired) electrons. The van der Waals surface area contributed by atoms with Crippen LogP contribution in [0, 0.1) is 0 Å². The molecule has 0 saturated heterocycles. The van der Waals surface area contributed by atoms with E-state index in [1.807, 2.05) is 6.08 Å². The lowest BCUT2D eigenvalue weighted by Gasteiger charge is -2.20. The van der Waals surface area contributed by atoms with Gasteiger partial charge in [-0.15, -0.1) is 0 Å². The molecule has 88 heavy (non-hydrogen) atoms. The fourth-order valence-corrected chi connectivity index (χ4v) is 12.5. The van der Waals surface area contributed by atoms with E-state index in [1.165, 1.54) is 360 Å². The molecule has 0 fully saturated rings. The molecule has 0 spiro atoms. The summed E-state index contributed by atoms with van der Waals surface area (Å²) in [5, 5.41) is 23.3. The fourth-order valence-electron chi connectivity index (χ4n) is 12.5. The number of aliphatic hydroxyl groups is 2. The van der Waals surface area contributed by atoms with Crippen LogP contribution < -0.4 is 5.32 Å².